The fourth-order valence-corrected chi connectivity index (χ4v) is 2.06. The zero-order valence-electron chi connectivity index (χ0n) is 7.20. The number of carbonyl (C=O) groups is 1. The van der Waals surface area contributed by atoms with Crippen LogP contribution in [0.2, 0.25) is 0 Å². The maximum absolute atomic E-state index is 10.3. The van der Waals surface area contributed by atoms with Crippen molar-refractivity contribution in [3.63, 3.8) is 0 Å². The van der Waals surface area contributed by atoms with Crippen molar-refractivity contribution >= 4 is 18.6 Å². The third-order valence-corrected chi connectivity index (χ3v) is 3.10. The Labute approximate surface area is 78.8 Å². The van der Waals surface area contributed by atoms with Crippen LogP contribution in [0.25, 0.3) is 0 Å². The fraction of sp³-hybridized carbons (Fsp3) is 0.889. The first kappa shape index (κ1) is 9.90. The zero-order valence-corrected chi connectivity index (χ0v) is 8.09. The summed E-state index contributed by atoms with van der Waals surface area (Å²) < 4.78 is 0. The highest BCUT2D eigenvalue weighted by Gasteiger charge is 2.18. The summed E-state index contributed by atoms with van der Waals surface area (Å²) >= 11 is 4.39. The highest BCUT2D eigenvalue weighted by Crippen LogP contribution is 2.29. The van der Waals surface area contributed by atoms with E-state index in [1.807, 2.05) is 0 Å². The molecule has 0 amide bonds. The van der Waals surface area contributed by atoms with Crippen LogP contribution in [-0.2, 0) is 4.79 Å². The van der Waals surface area contributed by atoms with Gasteiger partial charge in [-0.2, -0.15) is 12.6 Å². The molecule has 1 rings (SSSR count). The molecule has 1 saturated carbocycles. The van der Waals surface area contributed by atoms with E-state index < -0.39 is 5.97 Å². The number of hydrogen-bond acceptors (Lipinski definition) is 2. The third kappa shape index (κ3) is 3.48. The number of carboxylic acids is 1. The van der Waals surface area contributed by atoms with Crippen LogP contribution in [0.1, 0.15) is 38.5 Å². The largest absolute Gasteiger partial charge is 0.481 e. The fourth-order valence-electron chi connectivity index (χ4n) is 1.76. The summed E-state index contributed by atoms with van der Waals surface area (Å²) in [5, 5.41) is 9.04. The lowest BCUT2D eigenvalue weighted by Gasteiger charge is -2.24. The van der Waals surface area contributed by atoms with Crippen molar-refractivity contribution in [2.24, 2.45) is 5.92 Å². The summed E-state index contributed by atoms with van der Waals surface area (Å²) in [6.45, 7) is 0. The van der Waals surface area contributed by atoms with Crippen molar-refractivity contribution in [3.8, 4) is 0 Å². The molecule has 0 atom stereocenters. The van der Waals surface area contributed by atoms with Gasteiger partial charge in [0.05, 0.1) is 0 Å². The molecular weight excluding hydrogens is 172 g/mol. The summed E-state index contributed by atoms with van der Waals surface area (Å²) in [6.07, 6.45) is 5.85. The van der Waals surface area contributed by atoms with E-state index >= 15 is 0 Å². The van der Waals surface area contributed by atoms with Gasteiger partial charge in [0.25, 0.3) is 0 Å². The van der Waals surface area contributed by atoms with Gasteiger partial charge in [-0.15, -0.1) is 0 Å². The molecule has 0 bridgehead atoms. The Morgan fingerprint density at radius 3 is 2.42 bits per heavy atom. The lowest BCUT2D eigenvalue weighted by molar-refractivity contribution is -0.137. The Hall–Kier alpha value is -0.180. The van der Waals surface area contributed by atoms with Crippen molar-refractivity contribution in [1.82, 2.24) is 0 Å². The van der Waals surface area contributed by atoms with Gasteiger partial charge in [0.15, 0.2) is 0 Å². The number of rotatable bonds is 3. The smallest absolute Gasteiger partial charge is 0.303 e. The van der Waals surface area contributed by atoms with E-state index in [0.29, 0.717) is 17.6 Å². The van der Waals surface area contributed by atoms with Gasteiger partial charge in [-0.25, -0.2) is 0 Å². The number of hydrogen-bond donors (Lipinski definition) is 2. The van der Waals surface area contributed by atoms with Crippen LogP contribution < -0.4 is 0 Å². The predicted octanol–water partition coefficient (Wildman–Crippen LogP) is 2.34. The maximum Gasteiger partial charge on any atom is 0.303 e. The zero-order chi connectivity index (χ0) is 8.97. The number of aliphatic carboxylic acids is 1. The second-order valence-corrected chi connectivity index (χ2v) is 4.34. The molecule has 0 unspecified atom stereocenters. The van der Waals surface area contributed by atoms with Gasteiger partial charge in [-0.3, -0.25) is 4.79 Å². The van der Waals surface area contributed by atoms with Gasteiger partial charge < -0.3 is 5.11 Å². The molecule has 70 valence electrons. The van der Waals surface area contributed by atoms with Gasteiger partial charge in [0.2, 0.25) is 0 Å². The lowest BCUT2D eigenvalue weighted by Crippen LogP contribution is -2.15. The van der Waals surface area contributed by atoms with E-state index in [4.69, 9.17) is 5.11 Å². The Morgan fingerprint density at radius 2 is 1.92 bits per heavy atom. The minimum Gasteiger partial charge on any atom is -0.481 e. The molecule has 1 N–H and O–H groups in total. The van der Waals surface area contributed by atoms with Crippen molar-refractivity contribution in [3.05, 3.63) is 0 Å². The van der Waals surface area contributed by atoms with Crippen LogP contribution in [0.5, 0.6) is 0 Å². The van der Waals surface area contributed by atoms with Gasteiger partial charge in [0, 0.05) is 11.7 Å². The summed E-state index contributed by atoms with van der Waals surface area (Å²) in [5.74, 6) is -0.0208. The molecule has 0 aliphatic heterocycles. The van der Waals surface area contributed by atoms with Crippen LogP contribution >= 0.6 is 12.6 Å². The molecule has 0 heterocycles. The Balaban J connectivity index is 2.13. The first-order valence-electron chi connectivity index (χ1n) is 4.58. The van der Waals surface area contributed by atoms with Crippen molar-refractivity contribution < 1.29 is 9.90 Å². The maximum atomic E-state index is 10.3. The Morgan fingerprint density at radius 1 is 1.33 bits per heavy atom. The normalized spacial score (nSPS) is 30.1. The van der Waals surface area contributed by atoms with E-state index in [1.165, 1.54) is 12.8 Å². The van der Waals surface area contributed by atoms with Crippen molar-refractivity contribution in [2.75, 3.05) is 0 Å². The highest BCUT2D eigenvalue weighted by molar-refractivity contribution is 7.80. The predicted molar refractivity (Wildman–Crippen MR) is 51.6 cm³/mol. The van der Waals surface area contributed by atoms with Crippen molar-refractivity contribution in [2.45, 2.75) is 43.8 Å². The average Bonchev–Trinajstić information content (AvgIpc) is 2.03. The Kier molecular flexibility index (Phi) is 3.92. The van der Waals surface area contributed by atoms with Crippen LogP contribution in [0, 0.1) is 5.92 Å². The highest BCUT2D eigenvalue weighted by atomic mass is 32.1. The van der Waals surface area contributed by atoms with Gasteiger partial charge >= 0.3 is 5.97 Å². The van der Waals surface area contributed by atoms with E-state index in [9.17, 15) is 4.79 Å². The van der Waals surface area contributed by atoms with Crippen molar-refractivity contribution in [1.29, 1.82) is 0 Å². The lowest BCUT2D eigenvalue weighted by atomic mass is 9.86. The second-order valence-electron chi connectivity index (χ2n) is 3.61. The average molecular weight is 188 g/mol. The van der Waals surface area contributed by atoms with E-state index in [-0.39, 0.29) is 0 Å². The molecule has 1 aliphatic rings. The minimum atomic E-state index is -0.664. The summed E-state index contributed by atoms with van der Waals surface area (Å²) in [5.41, 5.74) is 0. The first-order chi connectivity index (χ1) is 5.68. The summed E-state index contributed by atoms with van der Waals surface area (Å²) in [4.78, 5) is 10.3. The van der Waals surface area contributed by atoms with Crippen LogP contribution in [0.3, 0.4) is 0 Å². The van der Waals surface area contributed by atoms with Gasteiger partial charge in [0.1, 0.15) is 0 Å². The summed E-state index contributed by atoms with van der Waals surface area (Å²) in [6, 6.07) is 0. The van der Waals surface area contributed by atoms with Gasteiger partial charge in [-0.1, -0.05) is 0 Å². The molecule has 0 aromatic heterocycles. The number of thiol groups is 1. The summed E-state index contributed by atoms with van der Waals surface area (Å²) in [7, 11) is 0. The van der Waals surface area contributed by atoms with Crippen LogP contribution in [0.4, 0.5) is 0 Å². The molecule has 3 heteroatoms. The molecule has 1 fully saturated rings. The Bertz CT molecular complexity index is 151. The van der Waals surface area contributed by atoms with Gasteiger partial charge in [-0.05, 0) is 38.0 Å². The van der Waals surface area contributed by atoms with E-state index in [1.54, 1.807) is 0 Å². The topological polar surface area (TPSA) is 37.3 Å². The minimum absolute atomic E-state index is 0.335. The second kappa shape index (κ2) is 4.75. The molecule has 12 heavy (non-hydrogen) atoms. The monoisotopic (exact) mass is 188 g/mol. The number of carboxylic acid groups (broad SMARTS) is 1. The SMILES string of the molecule is O=C(O)CCC1CCC(S)CC1. The molecule has 1 aliphatic carbocycles. The van der Waals surface area contributed by atoms with Crippen LogP contribution in [0.15, 0.2) is 0 Å². The molecule has 0 spiro atoms. The first-order valence-corrected chi connectivity index (χ1v) is 5.10. The molecule has 0 saturated heterocycles. The molecule has 0 aromatic rings. The molecule has 0 aromatic carbocycles. The standard InChI is InChI=1S/C9H16O2S/c10-9(11)6-3-7-1-4-8(12)5-2-7/h7-8,12H,1-6H2,(H,10,11). The quantitative estimate of drug-likeness (QED) is 0.667. The third-order valence-electron chi connectivity index (χ3n) is 2.58. The van der Waals surface area contributed by atoms with Crippen LogP contribution in [-0.4, -0.2) is 16.3 Å². The van der Waals surface area contributed by atoms with E-state index in [2.05, 4.69) is 12.6 Å². The molecule has 2 nitrogen and oxygen atoms in total. The molecule has 0 radical (unpaired) electrons. The van der Waals surface area contributed by atoms with E-state index in [0.717, 1.165) is 19.3 Å². The molecular formula is C9H16O2S.